The number of allylic oxidation sites excluding steroid dienone is 2. The Morgan fingerprint density at radius 2 is 1.47 bits per heavy atom. The molecule has 3 aromatic rings. The highest BCUT2D eigenvalue weighted by Gasteiger charge is 2.31. The number of anilines is 1. The molecule has 0 unspecified atom stereocenters. The summed E-state index contributed by atoms with van der Waals surface area (Å²) in [5.41, 5.74) is 1.29. The standard InChI is InChI=1S/C23H13Cl2NO4/c24-14-10-8-13(9-11-14)23(29)30-16-5-3-4-15(12-16)26-20-19(25)21(27)17-6-1-2-7-18(17)22(20)28/h1-12,26H. The Hall–Kier alpha value is -3.41. The Balaban J connectivity index is 1.57. The zero-order chi connectivity index (χ0) is 21.3. The van der Waals surface area contributed by atoms with Crippen molar-refractivity contribution < 1.29 is 19.1 Å². The van der Waals surface area contributed by atoms with E-state index in [0.717, 1.165) is 0 Å². The number of ketones is 2. The van der Waals surface area contributed by atoms with Crippen LogP contribution >= 0.6 is 23.2 Å². The average molecular weight is 438 g/mol. The number of benzene rings is 3. The number of carbonyl (C=O) groups excluding carboxylic acids is 3. The molecule has 4 rings (SSSR count). The number of nitrogens with one attached hydrogen (secondary N) is 1. The van der Waals surface area contributed by atoms with Crippen LogP contribution in [0.1, 0.15) is 31.1 Å². The number of halogens is 2. The van der Waals surface area contributed by atoms with Gasteiger partial charge in [-0.25, -0.2) is 4.79 Å². The molecule has 1 N–H and O–H groups in total. The fourth-order valence-electron chi connectivity index (χ4n) is 2.99. The van der Waals surface area contributed by atoms with E-state index in [1.165, 1.54) is 6.07 Å². The average Bonchev–Trinajstić information content (AvgIpc) is 2.76. The van der Waals surface area contributed by atoms with Crippen molar-refractivity contribution >= 4 is 46.4 Å². The number of ether oxygens (including phenoxy) is 1. The van der Waals surface area contributed by atoms with Gasteiger partial charge >= 0.3 is 5.97 Å². The lowest BCUT2D eigenvalue weighted by molar-refractivity contribution is 0.0734. The normalized spacial score (nSPS) is 13.1. The molecule has 0 amide bonds. The van der Waals surface area contributed by atoms with Gasteiger partial charge in [-0.2, -0.15) is 0 Å². The third-order valence-corrected chi connectivity index (χ3v) is 5.07. The van der Waals surface area contributed by atoms with Gasteiger partial charge in [-0.05, 0) is 36.4 Å². The minimum Gasteiger partial charge on any atom is -0.423 e. The maximum atomic E-state index is 12.8. The van der Waals surface area contributed by atoms with Crippen LogP contribution in [0.4, 0.5) is 5.69 Å². The Morgan fingerprint density at radius 3 is 2.17 bits per heavy atom. The van der Waals surface area contributed by atoms with Gasteiger partial charge < -0.3 is 10.1 Å². The Kier molecular flexibility index (Phi) is 5.40. The second-order valence-electron chi connectivity index (χ2n) is 6.44. The van der Waals surface area contributed by atoms with Crippen LogP contribution in [0.5, 0.6) is 5.75 Å². The van der Waals surface area contributed by atoms with Crippen molar-refractivity contribution in [2.45, 2.75) is 0 Å². The molecule has 0 aliphatic heterocycles. The molecule has 30 heavy (non-hydrogen) atoms. The summed E-state index contributed by atoms with van der Waals surface area (Å²) in [7, 11) is 0. The van der Waals surface area contributed by atoms with E-state index in [0.29, 0.717) is 16.3 Å². The van der Waals surface area contributed by atoms with Crippen LogP contribution in [0.15, 0.2) is 83.5 Å². The second kappa shape index (κ2) is 8.14. The largest absolute Gasteiger partial charge is 0.423 e. The van der Waals surface area contributed by atoms with Gasteiger partial charge in [0.15, 0.2) is 0 Å². The van der Waals surface area contributed by atoms with E-state index >= 15 is 0 Å². The first-order valence-corrected chi connectivity index (χ1v) is 9.62. The van der Waals surface area contributed by atoms with Gasteiger partial charge in [0.05, 0.1) is 5.56 Å². The molecule has 0 saturated heterocycles. The molecule has 0 radical (unpaired) electrons. The van der Waals surface area contributed by atoms with Crippen molar-refractivity contribution in [3.8, 4) is 5.75 Å². The van der Waals surface area contributed by atoms with Crippen LogP contribution in [0.25, 0.3) is 0 Å². The van der Waals surface area contributed by atoms with E-state index in [9.17, 15) is 14.4 Å². The summed E-state index contributed by atoms with van der Waals surface area (Å²) in [5.74, 6) is -1.12. The Labute approximate surface area is 181 Å². The minimum atomic E-state index is -0.557. The van der Waals surface area contributed by atoms with E-state index in [2.05, 4.69) is 5.32 Å². The highest BCUT2D eigenvalue weighted by atomic mass is 35.5. The van der Waals surface area contributed by atoms with Gasteiger partial charge in [-0.3, -0.25) is 9.59 Å². The van der Waals surface area contributed by atoms with Crippen LogP contribution in [0, 0.1) is 0 Å². The van der Waals surface area contributed by atoms with Gasteiger partial charge in [0.2, 0.25) is 11.6 Å². The van der Waals surface area contributed by atoms with Gasteiger partial charge in [0, 0.05) is 27.9 Å². The molecule has 1 aliphatic carbocycles. The van der Waals surface area contributed by atoms with E-state index in [1.54, 1.807) is 66.7 Å². The molecule has 3 aromatic carbocycles. The molecule has 0 atom stereocenters. The van der Waals surface area contributed by atoms with Crippen molar-refractivity contribution in [3.63, 3.8) is 0 Å². The van der Waals surface area contributed by atoms with Crippen LogP contribution < -0.4 is 10.1 Å². The van der Waals surface area contributed by atoms with Crippen LogP contribution in [-0.2, 0) is 0 Å². The quantitative estimate of drug-likeness (QED) is 0.430. The van der Waals surface area contributed by atoms with Gasteiger partial charge in [-0.1, -0.05) is 53.5 Å². The Morgan fingerprint density at radius 1 is 0.800 bits per heavy atom. The zero-order valence-electron chi connectivity index (χ0n) is 15.3. The first-order valence-electron chi connectivity index (χ1n) is 8.87. The van der Waals surface area contributed by atoms with Crippen molar-refractivity contribution in [3.05, 3.63) is 105 Å². The topological polar surface area (TPSA) is 72.5 Å². The monoisotopic (exact) mass is 437 g/mol. The molecular formula is C23H13Cl2NO4. The van der Waals surface area contributed by atoms with Crippen LogP contribution in [0.2, 0.25) is 5.02 Å². The van der Waals surface area contributed by atoms with Crippen molar-refractivity contribution in [2.24, 2.45) is 0 Å². The maximum absolute atomic E-state index is 12.8. The molecule has 1 aliphatic rings. The van der Waals surface area contributed by atoms with Crippen molar-refractivity contribution in [1.82, 2.24) is 0 Å². The lowest BCUT2D eigenvalue weighted by atomic mass is 9.92. The number of esters is 1. The number of fused-ring (bicyclic) bond motifs is 1. The summed E-state index contributed by atoms with van der Waals surface area (Å²) < 4.78 is 5.38. The molecule has 0 aromatic heterocycles. The van der Waals surface area contributed by atoms with E-state index in [4.69, 9.17) is 27.9 Å². The zero-order valence-corrected chi connectivity index (χ0v) is 16.8. The predicted octanol–water partition coefficient (Wildman–Crippen LogP) is 5.50. The summed E-state index contributed by atoms with van der Waals surface area (Å²) in [4.78, 5) is 37.6. The van der Waals surface area contributed by atoms with Gasteiger partial charge in [-0.15, -0.1) is 0 Å². The third-order valence-electron chi connectivity index (χ3n) is 4.46. The number of Topliss-reactive ketones (excluding diaryl/α,β-unsaturated/α-hetero) is 2. The van der Waals surface area contributed by atoms with E-state index in [1.807, 2.05) is 0 Å². The molecular weight excluding hydrogens is 425 g/mol. The fourth-order valence-corrected chi connectivity index (χ4v) is 3.35. The molecule has 0 saturated carbocycles. The number of rotatable bonds is 4. The maximum Gasteiger partial charge on any atom is 0.343 e. The SMILES string of the molecule is O=C(Oc1cccc(NC2=C(Cl)C(=O)c3ccccc3C2=O)c1)c1ccc(Cl)cc1. The second-order valence-corrected chi connectivity index (χ2v) is 7.26. The predicted molar refractivity (Wildman–Crippen MR) is 114 cm³/mol. The summed E-state index contributed by atoms with van der Waals surface area (Å²) in [6, 6.07) is 19.2. The van der Waals surface area contributed by atoms with Gasteiger partial charge in [0.25, 0.3) is 0 Å². The smallest absolute Gasteiger partial charge is 0.343 e. The number of hydrogen-bond donors (Lipinski definition) is 1. The molecule has 0 bridgehead atoms. The highest BCUT2D eigenvalue weighted by molar-refractivity contribution is 6.50. The number of carbonyl (C=O) groups is 3. The molecule has 0 fully saturated rings. The molecule has 5 nitrogen and oxygen atoms in total. The molecule has 7 heteroatoms. The first kappa shape index (κ1) is 19.9. The summed E-state index contributed by atoms with van der Waals surface area (Å²) in [6.07, 6.45) is 0. The minimum absolute atomic E-state index is 0.0263. The van der Waals surface area contributed by atoms with Gasteiger partial charge in [0.1, 0.15) is 16.5 Å². The molecule has 0 heterocycles. The molecule has 148 valence electrons. The Bertz CT molecular complexity index is 1220. The lowest BCUT2D eigenvalue weighted by Gasteiger charge is -2.19. The summed E-state index contributed by atoms with van der Waals surface area (Å²) >= 11 is 12.0. The fraction of sp³-hybridized carbons (Fsp3) is 0. The van der Waals surface area contributed by atoms with Crippen molar-refractivity contribution in [1.29, 1.82) is 0 Å². The lowest BCUT2D eigenvalue weighted by Crippen LogP contribution is -2.24. The van der Waals surface area contributed by atoms with E-state index in [-0.39, 0.29) is 27.6 Å². The van der Waals surface area contributed by atoms with Crippen molar-refractivity contribution in [2.75, 3.05) is 5.32 Å². The third kappa shape index (κ3) is 3.85. The first-order chi connectivity index (χ1) is 14.4. The van der Waals surface area contributed by atoms with E-state index < -0.39 is 17.5 Å². The molecule has 0 spiro atoms. The number of hydrogen-bond acceptors (Lipinski definition) is 5. The van der Waals surface area contributed by atoms with Crippen LogP contribution in [0.3, 0.4) is 0 Å². The summed E-state index contributed by atoms with van der Waals surface area (Å²) in [6.45, 7) is 0. The highest BCUT2D eigenvalue weighted by Crippen LogP contribution is 2.30. The summed E-state index contributed by atoms with van der Waals surface area (Å²) in [5, 5.41) is 3.20. The van der Waals surface area contributed by atoms with Crippen LogP contribution in [-0.4, -0.2) is 17.5 Å².